The summed E-state index contributed by atoms with van der Waals surface area (Å²) in [5.41, 5.74) is 0. The highest BCUT2D eigenvalue weighted by molar-refractivity contribution is 5.76. The quantitative estimate of drug-likeness (QED) is 0.506. The standard InChI is InChI=1S/C11H19NO2/c1-4-5-6-9-7-8-10(12(9)2)11(13)14-3/h4,9-10H,1,5-8H2,2-3H3. The summed E-state index contributed by atoms with van der Waals surface area (Å²) in [5, 5.41) is 0. The summed E-state index contributed by atoms with van der Waals surface area (Å²) in [4.78, 5) is 13.5. The molecule has 0 N–H and O–H groups in total. The van der Waals surface area contributed by atoms with Crippen LogP contribution in [0.4, 0.5) is 0 Å². The SMILES string of the molecule is C=CCCC1CCC(C(=O)OC)N1C. The highest BCUT2D eigenvalue weighted by atomic mass is 16.5. The molecule has 0 saturated carbocycles. The van der Waals surface area contributed by atoms with E-state index in [1.807, 2.05) is 13.1 Å². The second-order valence-corrected chi connectivity index (χ2v) is 3.80. The van der Waals surface area contributed by atoms with E-state index in [0.29, 0.717) is 6.04 Å². The molecule has 1 fully saturated rings. The first-order chi connectivity index (χ1) is 6.70. The van der Waals surface area contributed by atoms with Gasteiger partial charge in [-0.25, -0.2) is 0 Å². The van der Waals surface area contributed by atoms with E-state index in [0.717, 1.165) is 25.7 Å². The molecular formula is C11H19NO2. The van der Waals surface area contributed by atoms with Crippen molar-refractivity contribution in [3.8, 4) is 0 Å². The molecule has 1 heterocycles. The first kappa shape index (κ1) is 11.2. The van der Waals surface area contributed by atoms with Crippen molar-refractivity contribution in [2.24, 2.45) is 0 Å². The lowest BCUT2D eigenvalue weighted by Crippen LogP contribution is -2.38. The Hall–Kier alpha value is -0.830. The molecule has 0 bridgehead atoms. The number of allylic oxidation sites excluding steroid dienone is 1. The van der Waals surface area contributed by atoms with Crippen LogP contribution in [0.25, 0.3) is 0 Å². The summed E-state index contributed by atoms with van der Waals surface area (Å²) >= 11 is 0. The van der Waals surface area contributed by atoms with Crippen LogP contribution in [-0.2, 0) is 9.53 Å². The molecule has 0 spiro atoms. The fourth-order valence-corrected chi connectivity index (χ4v) is 2.09. The second kappa shape index (κ2) is 5.15. The number of likely N-dealkylation sites (tertiary alicyclic amines) is 1. The molecule has 0 aromatic carbocycles. The lowest BCUT2D eigenvalue weighted by Gasteiger charge is -2.23. The van der Waals surface area contributed by atoms with Crippen molar-refractivity contribution in [2.75, 3.05) is 14.2 Å². The molecule has 80 valence electrons. The molecule has 2 unspecified atom stereocenters. The van der Waals surface area contributed by atoms with Crippen LogP contribution in [0.3, 0.4) is 0 Å². The van der Waals surface area contributed by atoms with Crippen molar-refractivity contribution in [3.63, 3.8) is 0 Å². The zero-order chi connectivity index (χ0) is 10.6. The van der Waals surface area contributed by atoms with E-state index in [-0.39, 0.29) is 12.0 Å². The van der Waals surface area contributed by atoms with Crippen molar-refractivity contribution < 1.29 is 9.53 Å². The maximum absolute atomic E-state index is 11.4. The third-order valence-corrected chi connectivity index (χ3v) is 3.02. The van der Waals surface area contributed by atoms with Gasteiger partial charge in [0.1, 0.15) is 6.04 Å². The normalized spacial score (nSPS) is 27.6. The smallest absolute Gasteiger partial charge is 0.323 e. The van der Waals surface area contributed by atoms with Crippen LogP contribution >= 0.6 is 0 Å². The maximum Gasteiger partial charge on any atom is 0.323 e. The van der Waals surface area contributed by atoms with Gasteiger partial charge in [0.25, 0.3) is 0 Å². The molecule has 0 radical (unpaired) electrons. The Balaban J connectivity index is 2.46. The minimum atomic E-state index is -0.103. The number of rotatable bonds is 4. The molecule has 1 aliphatic rings. The summed E-state index contributed by atoms with van der Waals surface area (Å²) in [6, 6.07) is 0.479. The number of likely N-dealkylation sites (N-methyl/N-ethyl adjacent to an activating group) is 1. The Morgan fingerprint density at radius 2 is 2.36 bits per heavy atom. The van der Waals surface area contributed by atoms with Gasteiger partial charge in [0, 0.05) is 6.04 Å². The zero-order valence-corrected chi connectivity index (χ0v) is 9.03. The second-order valence-electron chi connectivity index (χ2n) is 3.80. The average Bonchev–Trinajstić information content (AvgIpc) is 2.56. The van der Waals surface area contributed by atoms with E-state index in [2.05, 4.69) is 11.5 Å². The van der Waals surface area contributed by atoms with Gasteiger partial charge in [-0.2, -0.15) is 0 Å². The lowest BCUT2D eigenvalue weighted by molar-refractivity contribution is -0.145. The summed E-state index contributed by atoms with van der Waals surface area (Å²) in [6.45, 7) is 3.71. The molecule has 0 amide bonds. The average molecular weight is 197 g/mol. The van der Waals surface area contributed by atoms with Gasteiger partial charge in [-0.05, 0) is 32.7 Å². The summed E-state index contributed by atoms with van der Waals surface area (Å²) < 4.78 is 4.76. The number of esters is 1. The van der Waals surface area contributed by atoms with Crippen LogP contribution in [0.15, 0.2) is 12.7 Å². The highest BCUT2D eigenvalue weighted by Gasteiger charge is 2.34. The predicted octanol–water partition coefficient (Wildman–Crippen LogP) is 1.59. The van der Waals surface area contributed by atoms with E-state index >= 15 is 0 Å². The Labute approximate surface area is 85.7 Å². The first-order valence-electron chi connectivity index (χ1n) is 5.11. The summed E-state index contributed by atoms with van der Waals surface area (Å²) in [7, 11) is 3.45. The number of hydrogen-bond acceptors (Lipinski definition) is 3. The van der Waals surface area contributed by atoms with E-state index < -0.39 is 0 Å². The molecule has 0 aliphatic carbocycles. The Kier molecular flexibility index (Phi) is 4.14. The number of methoxy groups -OCH3 is 1. The molecule has 1 rings (SSSR count). The Morgan fingerprint density at radius 1 is 1.64 bits per heavy atom. The van der Waals surface area contributed by atoms with E-state index in [1.165, 1.54) is 7.11 Å². The number of ether oxygens (including phenoxy) is 1. The van der Waals surface area contributed by atoms with Gasteiger partial charge < -0.3 is 4.74 Å². The molecule has 14 heavy (non-hydrogen) atoms. The van der Waals surface area contributed by atoms with Crippen molar-refractivity contribution in [3.05, 3.63) is 12.7 Å². The van der Waals surface area contributed by atoms with Crippen LogP contribution in [-0.4, -0.2) is 37.1 Å². The van der Waals surface area contributed by atoms with Crippen LogP contribution in [0.5, 0.6) is 0 Å². The van der Waals surface area contributed by atoms with Gasteiger partial charge >= 0.3 is 5.97 Å². The van der Waals surface area contributed by atoms with Crippen molar-refractivity contribution in [1.82, 2.24) is 4.90 Å². The largest absolute Gasteiger partial charge is 0.468 e. The fraction of sp³-hybridized carbons (Fsp3) is 0.727. The Bertz CT molecular complexity index is 215. The molecule has 1 aliphatic heterocycles. The van der Waals surface area contributed by atoms with Gasteiger partial charge in [0.05, 0.1) is 7.11 Å². The summed E-state index contributed by atoms with van der Waals surface area (Å²) in [5.74, 6) is -0.103. The number of hydrogen-bond donors (Lipinski definition) is 0. The summed E-state index contributed by atoms with van der Waals surface area (Å²) in [6.07, 6.45) is 6.05. The van der Waals surface area contributed by atoms with Crippen LogP contribution in [0, 0.1) is 0 Å². The lowest BCUT2D eigenvalue weighted by atomic mass is 10.1. The van der Waals surface area contributed by atoms with Crippen molar-refractivity contribution in [1.29, 1.82) is 0 Å². The van der Waals surface area contributed by atoms with Crippen molar-refractivity contribution >= 4 is 5.97 Å². The van der Waals surface area contributed by atoms with Gasteiger partial charge in [0.15, 0.2) is 0 Å². The molecule has 0 aromatic rings. The van der Waals surface area contributed by atoms with Gasteiger partial charge in [0.2, 0.25) is 0 Å². The molecular weight excluding hydrogens is 178 g/mol. The van der Waals surface area contributed by atoms with Gasteiger partial charge in [-0.3, -0.25) is 9.69 Å². The van der Waals surface area contributed by atoms with Crippen LogP contribution in [0.1, 0.15) is 25.7 Å². The monoisotopic (exact) mass is 197 g/mol. The third kappa shape index (κ3) is 2.35. The number of nitrogens with zero attached hydrogens (tertiary/aromatic N) is 1. The minimum Gasteiger partial charge on any atom is -0.468 e. The molecule has 3 nitrogen and oxygen atoms in total. The third-order valence-electron chi connectivity index (χ3n) is 3.02. The van der Waals surface area contributed by atoms with E-state index in [9.17, 15) is 4.79 Å². The van der Waals surface area contributed by atoms with Gasteiger partial charge in [-0.1, -0.05) is 6.08 Å². The molecule has 0 aromatic heterocycles. The topological polar surface area (TPSA) is 29.5 Å². The number of carbonyl (C=O) groups is 1. The molecule has 1 saturated heterocycles. The Morgan fingerprint density at radius 3 is 2.93 bits per heavy atom. The fourth-order valence-electron chi connectivity index (χ4n) is 2.09. The van der Waals surface area contributed by atoms with Crippen molar-refractivity contribution in [2.45, 2.75) is 37.8 Å². The highest BCUT2D eigenvalue weighted by Crippen LogP contribution is 2.26. The van der Waals surface area contributed by atoms with Gasteiger partial charge in [-0.15, -0.1) is 6.58 Å². The van der Waals surface area contributed by atoms with E-state index in [4.69, 9.17) is 4.74 Å². The minimum absolute atomic E-state index is 0.0326. The molecule has 3 heteroatoms. The maximum atomic E-state index is 11.4. The van der Waals surface area contributed by atoms with Crippen LogP contribution in [0.2, 0.25) is 0 Å². The first-order valence-corrected chi connectivity index (χ1v) is 5.11. The molecule has 2 atom stereocenters. The van der Waals surface area contributed by atoms with Crippen LogP contribution < -0.4 is 0 Å². The number of carbonyl (C=O) groups excluding carboxylic acids is 1. The zero-order valence-electron chi connectivity index (χ0n) is 9.03. The van der Waals surface area contributed by atoms with E-state index in [1.54, 1.807) is 0 Å². The predicted molar refractivity (Wildman–Crippen MR) is 56.0 cm³/mol.